The lowest BCUT2D eigenvalue weighted by Crippen LogP contribution is -2.31. The van der Waals surface area contributed by atoms with Crippen molar-refractivity contribution in [2.24, 2.45) is 0 Å². The highest BCUT2D eigenvalue weighted by atomic mass is 16.5. The van der Waals surface area contributed by atoms with Crippen LogP contribution in [0, 0.1) is 20.8 Å². The van der Waals surface area contributed by atoms with Gasteiger partial charge in [0.2, 0.25) is 0 Å². The van der Waals surface area contributed by atoms with Gasteiger partial charge in [-0.15, -0.1) is 0 Å². The van der Waals surface area contributed by atoms with Gasteiger partial charge in [0.25, 0.3) is 5.91 Å². The molecule has 1 amide bonds. The van der Waals surface area contributed by atoms with Gasteiger partial charge >= 0.3 is 0 Å². The van der Waals surface area contributed by atoms with Crippen molar-refractivity contribution in [3.63, 3.8) is 0 Å². The molecule has 0 aliphatic rings. The van der Waals surface area contributed by atoms with Crippen molar-refractivity contribution in [1.29, 1.82) is 0 Å². The second kappa shape index (κ2) is 7.12. The van der Waals surface area contributed by atoms with Crippen LogP contribution in [0.3, 0.4) is 0 Å². The standard InChI is InChI=1S/C19H23NO2/c1-13-10-14(2)19(15(3)11-13)22-12-18(21)20-16(4)17-8-6-5-7-9-17/h5-11,16H,12H2,1-4H3,(H,20,21)/t16-/m1/s1. The van der Waals surface area contributed by atoms with E-state index in [0.29, 0.717) is 0 Å². The Kier molecular flexibility index (Phi) is 5.21. The minimum atomic E-state index is -0.115. The summed E-state index contributed by atoms with van der Waals surface area (Å²) in [5.74, 6) is 0.684. The first-order chi connectivity index (χ1) is 10.5. The molecule has 0 unspecified atom stereocenters. The third-order valence-electron chi connectivity index (χ3n) is 3.63. The predicted molar refractivity (Wildman–Crippen MR) is 89.1 cm³/mol. The van der Waals surface area contributed by atoms with Gasteiger partial charge in [-0.1, -0.05) is 48.0 Å². The van der Waals surface area contributed by atoms with Crippen LogP contribution in [0.1, 0.15) is 35.2 Å². The summed E-state index contributed by atoms with van der Waals surface area (Å²) in [5.41, 5.74) is 4.39. The van der Waals surface area contributed by atoms with Crippen LogP contribution in [-0.2, 0) is 4.79 Å². The van der Waals surface area contributed by atoms with Gasteiger partial charge in [0.1, 0.15) is 5.75 Å². The van der Waals surface area contributed by atoms with Gasteiger partial charge < -0.3 is 10.1 Å². The maximum absolute atomic E-state index is 12.1. The maximum Gasteiger partial charge on any atom is 0.258 e. The Hall–Kier alpha value is -2.29. The number of ether oxygens (including phenoxy) is 1. The van der Waals surface area contributed by atoms with Crippen molar-refractivity contribution in [3.8, 4) is 5.75 Å². The van der Waals surface area contributed by atoms with Gasteiger partial charge in [-0.05, 0) is 44.4 Å². The van der Waals surface area contributed by atoms with E-state index in [4.69, 9.17) is 4.74 Å². The molecule has 0 fully saturated rings. The molecule has 2 aromatic rings. The smallest absolute Gasteiger partial charge is 0.258 e. The van der Waals surface area contributed by atoms with Gasteiger partial charge in [0, 0.05) is 0 Å². The highest BCUT2D eigenvalue weighted by molar-refractivity contribution is 5.78. The van der Waals surface area contributed by atoms with Gasteiger partial charge in [-0.2, -0.15) is 0 Å². The zero-order valence-electron chi connectivity index (χ0n) is 13.6. The van der Waals surface area contributed by atoms with Crippen LogP contribution in [0.5, 0.6) is 5.75 Å². The molecule has 2 rings (SSSR count). The van der Waals surface area contributed by atoms with Crippen LogP contribution in [0.2, 0.25) is 0 Å². The highest BCUT2D eigenvalue weighted by Gasteiger charge is 2.11. The van der Waals surface area contributed by atoms with E-state index in [0.717, 1.165) is 22.4 Å². The Bertz CT molecular complexity index is 627. The first-order valence-corrected chi connectivity index (χ1v) is 7.52. The number of rotatable bonds is 5. The van der Waals surface area contributed by atoms with Crippen LogP contribution in [0.4, 0.5) is 0 Å². The van der Waals surface area contributed by atoms with Gasteiger partial charge in [-0.3, -0.25) is 4.79 Å². The van der Waals surface area contributed by atoms with Crippen LogP contribution in [-0.4, -0.2) is 12.5 Å². The number of carbonyl (C=O) groups is 1. The predicted octanol–water partition coefficient (Wildman–Crippen LogP) is 3.87. The van der Waals surface area contributed by atoms with Gasteiger partial charge in [-0.25, -0.2) is 0 Å². The first kappa shape index (κ1) is 16.1. The minimum absolute atomic E-state index is 0.0297. The Balaban J connectivity index is 1.94. The van der Waals surface area contributed by atoms with Gasteiger partial charge in [0.15, 0.2) is 6.61 Å². The van der Waals surface area contributed by atoms with E-state index < -0.39 is 0 Å². The van der Waals surface area contributed by atoms with Crippen molar-refractivity contribution < 1.29 is 9.53 Å². The number of aryl methyl sites for hydroxylation is 3. The molecule has 0 spiro atoms. The Morgan fingerprint density at radius 1 is 1.09 bits per heavy atom. The summed E-state index contributed by atoms with van der Waals surface area (Å²) in [5, 5.41) is 2.95. The van der Waals surface area contributed by atoms with E-state index in [2.05, 4.69) is 24.4 Å². The Morgan fingerprint density at radius 2 is 1.68 bits per heavy atom. The molecule has 1 N–H and O–H groups in total. The van der Waals surface area contributed by atoms with E-state index in [1.165, 1.54) is 5.56 Å². The fraction of sp³-hybridized carbons (Fsp3) is 0.316. The Morgan fingerprint density at radius 3 is 2.27 bits per heavy atom. The minimum Gasteiger partial charge on any atom is -0.483 e. The quantitative estimate of drug-likeness (QED) is 0.910. The number of carbonyl (C=O) groups excluding carboxylic acids is 1. The largest absolute Gasteiger partial charge is 0.483 e. The van der Waals surface area contributed by atoms with Crippen molar-refractivity contribution in [2.75, 3.05) is 6.61 Å². The molecule has 0 aromatic heterocycles. The van der Waals surface area contributed by atoms with Crippen LogP contribution in [0.25, 0.3) is 0 Å². The molecule has 0 heterocycles. The topological polar surface area (TPSA) is 38.3 Å². The third-order valence-corrected chi connectivity index (χ3v) is 3.63. The molecule has 0 aliphatic carbocycles. The molecule has 2 aromatic carbocycles. The maximum atomic E-state index is 12.1. The normalized spacial score (nSPS) is 11.8. The molecule has 1 atom stereocenters. The van der Waals surface area contributed by atoms with Crippen LogP contribution < -0.4 is 10.1 Å². The molecule has 0 saturated carbocycles. The second-order valence-electron chi connectivity index (χ2n) is 5.72. The summed E-state index contributed by atoms with van der Waals surface area (Å²) in [7, 11) is 0. The molecule has 0 saturated heterocycles. The van der Waals surface area contributed by atoms with E-state index >= 15 is 0 Å². The van der Waals surface area contributed by atoms with Gasteiger partial charge in [0.05, 0.1) is 6.04 Å². The van der Waals surface area contributed by atoms with E-state index in [9.17, 15) is 4.79 Å². The van der Waals surface area contributed by atoms with Crippen molar-refractivity contribution in [3.05, 3.63) is 64.7 Å². The first-order valence-electron chi connectivity index (χ1n) is 7.52. The monoisotopic (exact) mass is 297 g/mol. The molecular weight excluding hydrogens is 274 g/mol. The van der Waals surface area contributed by atoms with Crippen molar-refractivity contribution in [1.82, 2.24) is 5.32 Å². The lowest BCUT2D eigenvalue weighted by Gasteiger charge is -2.16. The summed E-state index contributed by atoms with van der Waals surface area (Å²) < 4.78 is 5.71. The number of amides is 1. The average molecular weight is 297 g/mol. The zero-order valence-corrected chi connectivity index (χ0v) is 13.6. The summed E-state index contributed by atoms with van der Waals surface area (Å²) in [6, 6.07) is 14.0. The molecule has 116 valence electrons. The number of hydrogen-bond donors (Lipinski definition) is 1. The fourth-order valence-electron chi connectivity index (χ4n) is 2.64. The average Bonchev–Trinajstić information content (AvgIpc) is 2.47. The SMILES string of the molecule is Cc1cc(C)c(OCC(=O)N[C@H](C)c2ccccc2)c(C)c1. The zero-order chi connectivity index (χ0) is 16.1. The second-order valence-corrected chi connectivity index (χ2v) is 5.72. The highest BCUT2D eigenvalue weighted by Crippen LogP contribution is 2.24. The molecular formula is C19H23NO2. The van der Waals surface area contributed by atoms with Crippen molar-refractivity contribution in [2.45, 2.75) is 33.7 Å². The molecule has 3 heteroatoms. The van der Waals surface area contributed by atoms with E-state index in [1.54, 1.807) is 0 Å². The number of nitrogens with one attached hydrogen (secondary N) is 1. The fourth-order valence-corrected chi connectivity index (χ4v) is 2.64. The van der Waals surface area contributed by atoms with E-state index in [1.807, 2.05) is 51.1 Å². The summed E-state index contributed by atoms with van der Waals surface area (Å²) in [6.07, 6.45) is 0. The molecule has 22 heavy (non-hydrogen) atoms. The molecule has 0 bridgehead atoms. The number of benzene rings is 2. The third kappa shape index (κ3) is 4.10. The molecule has 0 aliphatic heterocycles. The Labute approximate surface area is 132 Å². The lowest BCUT2D eigenvalue weighted by atomic mass is 10.1. The van der Waals surface area contributed by atoms with Crippen LogP contribution in [0.15, 0.2) is 42.5 Å². The number of hydrogen-bond acceptors (Lipinski definition) is 2. The summed E-state index contributed by atoms with van der Waals surface area (Å²) in [4.78, 5) is 12.1. The molecule has 0 radical (unpaired) electrons. The molecule has 3 nitrogen and oxygen atoms in total. The summed E-state index contributed by atoms with van der Waals surface area (Å²) >= 11 is 0. The van der Waals surface area contributed by atoms with E-state index in [-0.39, 0.29) is 18.6 Å². The summed E-state index contributed by atoms with van der Waals surface area (Å²) in [6.45, 7) is 8.05. The lowest BCUT2D eigenvalue weighted by molar-refractivity contribution is -0.123. The van der Waals surface area contributed by atoms with Crippen molar-refractivity contribution >= 4 is 5.91 Å². The van der Waals surface area contributed by atoms with Crippen LogP contribution >= 0.6 is 0 Å².